The van der Waals surface area contributed by atoms with Crippen LogP contribution in [0.4, 0.5) is 0 Å². The maximum atomic E-state index is 7.57. The number of rotatable bonds is 3. The largest absolute Gasteiger partial charge is 0.397 e. The second-order valence-corrected chi connectivity index (χ2v) is 1.60. The molecule has 0 aromatic carbocycles. The summed E-state index contributed by atoms with van der Waals surface area (Å²) in [7, 11) is 0. The Bertz CT molecular complexity index is 30.2. The summed E-state index contributed by atoms with van der Waals surface area (Å²) < 4.78 is 0. The van der Waals surface area contributed by atoms with Gasteiger partial charge in [0.15, 0.2) is 0 Å². The van der Waals surface area contributed by atoms with Gasteiger partial charge in [0.1, 0.15) is 0 Å². The van der Waals surface area contributed by atoms with Crippen molar-refractivity contribution < 1.29 is 5.11 Å². The zero-order valence-electron chi connectivity index (χ0n) is 6.14. The molecule has 0 radical (unpaired) electrons. The van der Waals surface area contributed by atoms with E-state index in [1.807, 2.05) is 0 Å². The van der Waals surface area contributed by atoms with Crippen molar-refractivity contribution in [2.24, 2.45) is 11.5 Å². The molecule has 0 fully saturated rings. The summed E-state index contributed by atoms with van der Waals surface area (Å²) in [5.74, 6) is 0. The van der Waals surface area contributed by atoms with E-state index in [9.17, 15) is 0 Å². The normalized spacial score (nSPS) is 8.00. The molecular weight excluding hydrogens is 116 g/mol. The first kappa shape index (κ1) is 11.6. The van der Waals surface area contributed by atoms with Crippen LogP contribution in [0, 0.1) is 0 Å². The van der Waals surface area contributed by atoms with Gasteiger partial charge in [0.05, 0.1) is 0 Å². The molecular formula is C6H18N2O. The molecule has 9 heavy (non-hydrogen) atoms. The summed E-state index contributed by atoms with van der Waals surface area (Å²) in [5.41, 5.74) is 10.3. The minimum atomic E-state index is 0.250. The lowest BCUT2D eigenvalue weighted by Gasteiger charge is -1.87. The second kappa shape index (κ2) is 15.7. The molecule has 0 unspecified atom stereocenters. The fraction of sp³-hybridized carbons (Fsp3) is 1.00. The Kier molecular flexibility index (Phi) is 20.3. The van der Waals surface area contributed by atoms with Gasteiger partial charge in [-0.3, -0.25) is 0 Å². The molecule has 0 aliphatic heterocycles. The van der Waals surface area contributed by atoms with Crippen LogP contribution in [0.25, 0.3) is 0 Å². The highest BCUT2D eigenvalue weighted by atomic mass is 16.2. The fourth-order valence-electron chi connectivity index (χ4n) is 0.289. The highest BCUT2D eigenvalue weighted by Crippen LogP contribution is 1.77. The van der Waals surface area contributed by atoms with Crippen molar-refractivity contribution in [3.63, 3.8) is 0 Å². The van der Waals surface area contributed by atoms with Gasteiger partial charge in [-0.25, -0.2) is 0 Å². The van der Waals surface area contributed by atoms with Gasteiger partial charge in [-0.05, 0) is 32.9 Å². The van der Waals surface area contributed by atoms with E-state index in [1.165, 1.54) is 0 Å². The summed E-state index contributed by atoms with van der Waals surface area (Å²) in [4.78, 5) is 0. The third kappa shape index (κ3) is 32.8. The predicted molar refractivity (Wildman–Crippen MR) is 40.1 cm³/mol. The molecule has 5 N–H and O–H groups in total. The van der Waals surface area contributed by atoms with Gasteiger partial charge in [0.2, 0.25) is 0 Å². The van der Waals surface area contributed by atoms with E-state index in [2.05, 4.69) is 0 Å². The molecule has 0 aliphatic rings. The molecule has 0 saturated heterocycles. The molecule has 0 heterocycles. The van der Waals surface area contributed by atoms with Crippen molar-refractivity contribution >= 4 is 0 Å². The third-order valence-electron chi connectivity index (χ3n) is 0.658. The molecule has 0 aromatic rings. The third-order valence-corrected chi connectivity index (χ3v) is 0.658. The molecule has 0 spiro atoms. The molecule has 0 aromatic heterocycles. The van der Waals surface area contributed by atoms with Crippen molar-refractivity contribution in [3.8, 4) is 0 Å². The standard InChI is InChI=1S/C4H12N2.C2H6O/c5-3-1-2-4-6;1-2-3/h1-6H2;3H,2H2,1H3. The van der Waals surface area contributed by atoms with Gasteiger partial charge in [0.25, 0.3) is 0 Å². The minimum absolute atomic E-state index is 0.250. The highest BCUT2D eigenvalue weighted by molar-refractivity contribution is 4.38. The average Bonchev–Trinajstić information content (AvgIpc) is 1.86. The van der Waals surface area contributed by atoms with E-state index < -0.39 is 0 Å². The van der Waals surface area contributed by atoms with Gasteiger partial charge in [0, 0.05) is 6.61 Å². The van der Waals surface area contributed by atoms with Gasteiger partial charge >= 0.3 is 0 Å². The molecule has 3 nitrogen and oxygen atoms in total. The summed E-state index contributed by atoms with van der Waals surface area (Å²) in [6, 6.07) is 0. The number of hydrogen-bond donors (Lipinski definition) is 3. The highest BCUT2D eigenvalue weighted by Gasteiger charge is 1.75. The zero-order chi connectivity index (χ0) is 7.54. The van der Waals surface area contributed by atoms with E-state index in [0.29, 0.717) is 0 Å². The van der Waals surface area contributed by atoms with Crippen LogP contribution < -0.4 is 11.5 Å². The van der Waals surface area contributed by atoms with E-state index >= 15 is 0 Å². The van der Waals surface area contributed by atoms with E-state index in [-0.39, 0.29) is 6.61 Å². The monoisotopic (exact) mass is 134 g/mol. The maximum absolute atomic E-state index is 7.57. The minimum Gasteiger partial charge on any atom is -0.397 e. The SMILES string of the molecule is CCO.NCCCCN. The first-order chi connectivity index (χ1) is 4.33. The van der Waals surface area contributed by atoms with E-state index in [0.717, 1.165) is 25.9 Å². The zero-order valence-corrected chi connectivity index (χ0v) is 6.14. The van der Waals surface area contributed by atoms with Crippen LogP contribution in [-0.2, 0) is 0 Å². The molecule has 0 saturated carbocycles. The van der Waals surface area contributed by atoms with Gasteiger partial charge < -0.3 is 16.6 Å². The Morgan fingerprint density at radius 1 is 1.11 bits per heavy atom. The Balaban J connectivity index is 0. The molecule has 0 atom stereocenters. The van der Waals surface area contributed by atoms with Crippen LogP contribution in [0.15, 0.2) is 0 Å². The number of aliphatic hydroxyl groups is 1. The van der Waals surface area contributed by atoms with Crippen LogP contribution in [-0.4, -0.2) is 24.8 Å². The molecule has 0 bridgehead atoms. The van der Waals surface area contributed by atoms with Crippen molar-refractivity contribution in [2.45, 2.75) is 19.8 Å². The number of unbranched alkanes of at least 4 members (excludes halogenated alkanes) is 1. The lowest BCUT2D eigenvalue weighted by atomic mass is 10.3. The van der Waals surface area contributed by atoms with Crippen LogP contribution >= 0.6 is 0 Å². The average molecular weight is 134 g/mol. The number of aliphatic hydroxyl groups excluding tert-OH is 1. The molecule has 3 heteroatoms. The Morgan fingerprint density at radius 3 is 1.44 bits per heavy atom. The number of hydrogen-bond acceptors (Lipinski definition) is 3. The van der Waals surface area contributed by atoms with Crippen LogP contribution in [0.1, 0.15) is 19.8 Å². The maximum Gasteiger partial charge on any atom is 0.0402 e. The predicted octanol–water partition coefficient (Wildman–Crippen LogP) is -0.317. The van der Waals surface area contributed by atoms with Gasteiger partial charge in [-0.15, -0.1) is 0 Å². The molecule has 0 rings (SSSR count). The quantitative estimate of drug-likeness (QED) is 0.463. The van der Waals surface area contributed by atoms with E-state index in [1.54, 1.807) is 6.92 Å². The van der Waals surface area contributed by atoms with E-state index in [4.69, 9.17) is 16.6 Å². The van der Waals surface area contributed by atoms with Crippen molar-refractivity contribution in [1.82, 2.24) is 0 Å². The van der Waals surface area contributed by atoms with Crippen LogP contribution in [0.5, 0.6) is 0 Å². The topological polar surface area (TPSA) is 72.3 Å². The first-order valence-corrected chi connectivity index (χ1v) is 3.34. The van der Waals surface area contributed by atoms with Gasteiger partial charge in [-0.2, -0.15) is 0 Å². The lowest BCUT2D eigenvalue weighted by molar-refractivity contribution is 0.318. The van der Waals surface area contributed by atoms with Gasteiger partial charge in [-0.1, -0.05) is 0 Å². The number of nitrogens with two attached hydrogens (primary N) is 2. The summed E-state index contributed by atoms with van der Waals surface area (Å²) >= 11 is 0. The molecule has 0 aliphatic carbocycles. The first-order valence-electron chi connectivity index (χ1n) is 3.34. The Labute approximate surface area is 57.0 Å². The summed E-state index contributed by atoms with van der Waals surface area (Å²) in [6.45, 7) is 3.48. The second-order valence-electron chi connectivity index (χ2n) is 1.60. The van der Waals surface area contributed by atoms with Crippen LogP contribution in [0.2, 0.25) is 0 Å². The fourth-order valence-corrected chi connectivity index (χ4v) is 0.289. The Morgan fingerprint density at radius 2 is 1.33 bits per heavy atom. The summed E-state index contributed by atoms with van der Waals surface area (Å²) in [5, 5.41) is 7.57. The molecule has 0 amide bonds. The van der Waals surface area contributed by atoms with Crippen molar-refractivity contribution in [3.05, 3.63) is 0 Å². The van der Waals surface area contributed by atoms with Crippen molar-refractivity contribution in [2.75, 3.05) is 19.7 Å². The lowest BCUT2D eigenvalue weighted by Crippen LogP contribution is -2.03. The van der Waals surface area contributed by atoms with Crippen molar-refractivity contribution in [1.29, 1.82) is 0 Å². The summed E-state index contributed by atoms with van der Waals surface area (Å²) in [6.07, 6.45) is 2.13. The Hall–Kier alpha value is -0.120. The van der Waals surface area contributed by atoms with Crippen LogP contribution in [0.3, 0.4) is 0 Å². The molecule has 58 valence electrons. The smallest absolute Gasteiger partial charge is 0.0402 e.